The quantitative estimate of drug-likeness (QED) is 0.215. The number of nitrogens with one attached hydrogen (secondary N) is 1. The summed E-state index contributed by atoms with van der Waals surface area (Å²) < 4.78 is 52.0. The van der Waals surface area contributed by atoms with Crippen molar-refractivity contribution < 1.29 is 32.2 Å². The van der Waals surface area contributed by atoms with Crippen molar-refractivity contribution >= 4 is 34.8 Å². The predicted octanol–water partition coefficient (Wildman–Crippen LogP) is 5.44. The first-order valence-corrected chi connectivity index (χ1v) is 16.0. The highest BCUT2D eigenvalue weighted by atomic mass is 32.1. The van der Waals surface area contributed by atoms with Crippen molar-refractivity contribution in [3.63, 3.8) is 0 Å². The first-order chi connectivity index (χ1) is 20.9. The number of carbonyl (C=O) groups is 2. The van der Waals surface area contributed by atoms with Crippen molar-refractivity contribution in [1.29, 1.82) is 5.26 Å². The highest BCUT2D eigenvalue weighted by Gasteiger charge is 2.57. The number of anilines is 1. The molecule has 240 valence electrons. The maximum atomic E-state index is 13.5. The largest absolute Gasteiger partial charge is 0.417 e. The lowest BCUT2D eigenvalue weighted by atomic mass is 9.74. The maximum absolute atomic E-state index is 13.5. The molecule has 44 heavy (non-hydrogen) atoms. The van der Waals surface area contributed by atoms with Crippen LogP contribution >= 0.6 is 12.2 Å². The van der Waals surface area contributed by atoms with Gasteiger partial charge in [0.25, 0.3) is 5.91 Å². The minimum Gasteiger partial charge on any atom is -0.379 e. The van der Waals surface area contributed by atoms with Gasteiger partial charge in [0, 0.05) is 26.1 Å². The van der Waals surface area contributed by atoms with Crippen LogP contribution in [0.4, 0.5) is 18.9 Å². The summed E-state index contributed by atoms with van der Waals surface area (Å²) in [4.78, 5) is 28.3. The van der Waals surface area contributed by atoms with Gasteiger partial charge in [0.2, 0.25) is 5.91 Å². The summed E-state index contributed by atoms with van der Waals surface area (Å²) >= 11 is 5.49. The highest BCUT2D eigenvalue weighted by Crippen LogP contribution is 2.66. The van der Waals surface area contributed by atoms with Crippen LogP contribution in [0, 0.1) is 34.5 Å². The number of carbonyl (C=O) groups excluding carboxylic acids is 2. The fraction of sp³-hybridized carbons (Fsp3) is 0.688. The summed E-state index contributed by atoms with van der Waals surface area (Å²) in [5.74, 6) is 2.20. The van der Waals surface area contributed by atoms with Crippen molar-refractivity contribution in [3.8, 4) is 6.07 Å². The summed E-state index contributed by atoms with van der Waals surface area (Å²) in [6.07, 6.45) is 4.09. The number of rotatable bonds is 14. The Kier molecular flexibility index (Phi) is 9.59. The molecule has 1 saturated heterocycles. The van der Waals surface area contributed by atoms with Gasteiger partial charge in [-0.2, -0.15) is 18.4 Å². The Balaban J connectivity index is 0.978. The fourth-order valence-electron chi connectivity index (χ4n) is 8.16. The minimum atomic E-state index is -4.76. The number of hydrogen-bond acceptors (Lipinski definition) is 6. The van der Waals surface area contributed by atoms with Gasteiger partial charge in [-0.15, -0.1) is 0 Å². The molecule has 2 atom stereocenters. The highest BCUT2D eigenvalue weighted by molar-refractivity contribution is 7.80. The average molecular weight is 635 g/mol. The molecule has 5 aliphatic rings. The number of nitriles is 1. The van der Waals surface area contributed by atoms with E-state index in [1.807, 2.05) is 0 Å². The Bertz CT molecular complexity index is 1300. The molecule has 1 aliphatic heterocycles. The molecule has 1 aromatic rings. The summed E-state index contributed by atoms with van der Waals surface area (Å²) in [5, 5.41) is 12.0. The summed E-state index contributed by atoms with van der Waals surface area (Å²) in [5.41, 5.74) is -2.29. The minimum absolute atomic E-state index is 0.0522. The monoisotopic (exact) mass is 634 g/mol. The predicted molar refractivity (Wildman–Crippen MR) is 162 cm³/mol. The second-order valence-electron chi connectivity index (χ2n) is 13.3. The third-order valence-electron chi connectivity index (χ3n) is 10.1. The number of hydrogen-bond donors (Lipinski definition) is 1. The van der Waals surface area contributed by atoms with E-state index in [1.54, 1.807) is 18.7 Å². The van der Waals surface area contributed by atoms with Crippen LogP contribution < -0.4 is 10.2 Å². The normalized spacial score (nSPS) is 27.0. The number of benzene rings is 1. The lowest BCUT2D eigenvalue weighted by Crippen LogP contribution is -2.44. The number of thiocarbonyl (C=S) groups is 1. The van der Waals surface area contributed by atoms with E-state index in [-0.39, 0.29) is 29.7 Å². The lowest BCUT2D eigenvalue weighted by Gasteiger charge is -2.32. The van der Waals surface area contributed by atoms with Gasteiger partial charge >= 0.3 is 6.18 Å². The van der Waals surface area contributed by atoms with Crippen LogP contribution in [0.1, 0.15) is 76.3 Å². The van der Waals surface area contributed by atoms with Crippen molar-refractivity contribution in [2.75, 3.05) is 44.4 Å². The van der Waals surface area contributed by atoms with Crippen molar-refractivity contribution in [2.45, 2.75) is 76.9 Å². The lowest BCUT2D eigenvalue weighted by molar-refractivity contribution is -0.137. The number of halogens is 3. The van der Waals surface area contributed by atoms with Gasteiger partial charge in [-0.3, -0.25) is 14.5 Å². The van der Waals surface area contributed by atoms with E-state index in [2.05, 4.69) is 5.32 Å². The van der Waals surface area contributed by atoms with E-state index >= 15 is 0 Å². The molecule has 1 N–H and O–H groups in total. The van der Waals surface area contributed by atoms with Crippen LogP contribution in [0.3, 0.4) is 0 Å². The molecule has 5 fully saturated rings. The van der Waals surface area contributed by atoms with Crippen LogP contribution in [0.2, 0.25) is 0 Å². The molecule has 4 aliphatic carbocycles. The molecular formula is C32H41F3N4O4S. The van der Waals surface area contributed by atoms with E-state index in [0.717, 1.165) is 41.4 Å². The molecule has 0 radical (unpaired) electrons. The molecule has 12 heteroatoms. The second-order valence-corrected chi connectivity index (χ2v) is 13.7. The molecule has 1 heterocycles. The molecule has 2 amide bonds. The van der Waals surface area contributed by atoms with Crippen LogP contribution in [-0.4, -0.2) is 66.9 Å². The molecule has 8 nitrogen and oxygen atoms in total. The van der Waals surface area contributed by atoms with Crippen LogP contribution in [0.15, 0.2) is 18.2 Å². The number of ether oxygens (including phenoxy) is 2. The zero-order valence-electron chi connectivity index (χ0n) is 25.4. The molecule has 1 aromatic carbocycles. The first-order valence-electron chi connectivity index (χ1n) is 15.6. The van der Waals surface area contributed by atoms with Crippen molar-refractivity contribution in [3.05, 3.63) is 29.3 Å². The SMILES string of the molecule is CC1(C)C(=O)N(c2ccc(C#N)c(C(F)(F)F)c2)C(=S)N1CCCC(=O)NCCOCCOCCC12CC3CC(CC1C3)C2. The molecule has 2 unspecified atom stereocenters. The topological polar surface area (TPSA) is 94.9 Å². The van der Waals surface area contributed by atoms with E-state index in [1.165, 1.54) is 50.7 Å². The van der Waals surface area contributed by atoms with Gasteiger partial charge < -0.3 is 19.7 Å². The smallest absolute Gasteiger partial charge is 0.379 e. The van der Waals surface area contributed by atoms with E-state index in [9.17, 15) is 22.8 Å². The van der Waals surface area contributed by atoms with Crippen LogP contribution in [-0.2, 0) is 25.2 Å². The zero-order valence-corrected chi connectivity index (χ0v) is 26.2. The number of amides is 2. The number of alkyl halides is 3. The third kappa shape index (κ3) is 6.60. The van der Waals surface area contributed by atoms with E-state index in [4.69, 9.17) is 27.0 Å². The van der Waals surface area contributed by atoms with Crippen molar-refractivity contribution in [1.82, 2.24) is 10.2 Å². The molecular weight excluding hydrogens is 593 g/mol. The Morgan fingerprint density at radius 3 is 2.45 bits per heavy atom. The molecule has 6 rings (SSSR count). The van der Waals surface area contributed by atoms with Gasteiger partial charge in [-0.25, -0.2) is 0 Å². The molecule has 0 aromatic heterocycles. The number of nitrogens with zero attached hydrogens (tertiary/aromatic N) is 3. The fourth-order valence-corrected chi connectivity index (χ4v) is 8.67. The summed E-state index contributed by atoms with van der Waals surface area (Å²) in [7, 11) is 0. The average Bonchev–Trinajstić information content (AvgIpc) is 3.42. The molecule has 4 saturated carbocycles. The second kappa shape index (κ2) is 12.9. The third-order valence-corrected chi connectivity index (χ3v) is 10.5. The summed E-state index contributed by atoms with van der Waals surface area (Å²) in [6, 6.07) is 4.62. The first kappa shape index (κ1) is 32.6. The van der Waals surface area contributed by atoms with E-state index < -0.39 is 28.7 Å². The molecule has 0 spiro atoms. The van der Waals surface area contributed by atoms with E-state index in [0.29, 0.717) is 38.2 Å². The van der Waals surface area contributed by atoms with Crippen LogP contribution in [0.5, 0.6) is 0 Å². The van der Waals surface area contributed by atoms with Crippen LogP contribution in [0.25, 0.3) is 0 Å². The van der Waals surface area contributed by atoms with Gasteiger partial charge in [0.15, 0.2) is 5.11 Å². The van der Waals surface area contributed by atoms with Gasteiger partial charge in [0.1, 0.15) is 5.54 Å². The van der Waals surface area contributed by atoms with Gasteiger partial charge in [-0.1, -0.05) is 0 Å². The molecule has 4 bridgehead atoms. The Morgan fingerprint density at radius 1 is 1.11 bits per heavy atom. The van der Waals surface area contributed by atoms with Gasteiger partial charge in [0.05, 0.1) is 42.7 Å². The Hall–Kier alpha value is -2.75. The summed E-state index contributed by atoms with van der Waals surface area (Å²) in [6.45, 7) is 6.10. The van der Waals surface area contributed by atoms with Gasteiger partial charge in [-0.05, 0) is 112 Å². The Morgan fingerprint density at radius 2 is 1.80 bits per heavy atom. The van der Waals surface area contributed by atoms with Crippen molar-refractivity contribution in [2.24, 2.45) is 23.2 Å². The standard InChI is InChI=1S/C32H41F3N4O4S/c1-30(2)28(41)39(25-6-5-23(20-36)26(17-25)32(33,34)35)29(44)38(30)9-3-4-27(40)37-8-11-43-13-12-42-10-7-31-18-21-14-22(19-31)16-24(31)15-21/h5-6,17,21-22,24H,3-4,7-16,18-19H2,1-2H3,(H,37,40). The zero-order chi connectivity index (χ0) is 31.7. The maximum Gasteiger partial charge on any atom is 0.417 e. The Labute approximate surface area is 262 Å².